The summed E-state index contributed by atoms with van der Waals surface area (Å²) in [6.45, 7) is 4.80. The predicted octanol–water partition coefficient (Wildman–Crippen LogP) is 1.51. The van der Waals surface area contributed by atoms with E-state index in [0.29, 0.717) is 10.9 Å². The van der Waals surface area contributed by atoms with Crippen LogP contribution in [0, 0.1) is 0 Å². The van der Waals surface area contributed by atoms with E-state index in [9.17, 15) is 14.7 Å². The van der Waals surface area contributed by atoms with Crippen molar-refractivity contribution in [2.24, 2.45) is 0 Å². The van der Waals surface area contributed by atoms with Crippen LogP contribution in [-0.2, 0) is 4.79 Å². The summed E-state index contributed by atoms with van der Waals surface area (Å²) in [6.07, 6.45) is 2.91. The molecular formula is C19H23N3O3. The lowest BCUT2D eigenvalue weighted by Gasteiger charge is -2.54. The molecule has 2 aromatic rings. The second-order valence-electron chi connectivity index (χ2n) is 7.67. The summed E-state index contributed by atoms with van der Waals surface area (Å²) in [4.78, 5) is 32.5. The van der Waals surface area contributed by atoms with Gasteiger partial charge in [-0.1, -0.05) is 12.1 Å². The summed E-state index contributed by atoms with van der Waals surface area (Å²) >= 11 is 0. The smallest absolute Gasteiger partial charge is 0.261 e. The molecule has 0 radical (unpaired) electrons. The van der Waals surface area contributed by atoms with Crippen LogP contribution in [0.1, 0.15) is 39.2 Å². The number of hydrogen-bond acceptors (Lipinski definition) is 5. The van der Waals surface area contributed by atoms with Crippen molar-refractivity contribution in [3.63, 3.8) is 0 Å². The van der Waals surface area contributed by atoms with Crippen molar-refractivity contribution in [3.05, 3.63) is 40.9 Å². The highest BCUT2D eigenvalue weighted by Crippen LogP contribution is 2.40. The van der Waals surface area contributed by atoms with E-state index in [-0.39, 0.29) is 23.8 Å². The predicted molar refractivity (Wildman–Crippen MR) is 94.5 cm³/mol. The van der Waals surface area contributed by atoms with E-state index < -0.39 is 17.7 Å². The molecule has 0 saturated carbocycles. The molecule has 3 atom stereocenters. The summed E-state index contributed by atoms with van der Waals surface area (Å²) in [7, 11) is 0. The molecule has 0 spiro atoms. The van der Waals surface area contributed by atoms with Crippen LogP contribution in [0.5, 0.6) is 0 Å². The molecule has 0 amide bonds. The Bertz CT molecular complexity index is 889. The first-order valence-electron chi connectivity index (χ1n) is 8.84. The van der Waals surface area contributed by atoms with Crippen LogP contribution in [0.15, 0.2) is 35.4 Å². The van der Waals surface area contributed by atoms with Crippen LogP contribution in [0.25, 0.3) is 10.9 Å². The average molecular weight is 341 g/mol. The van der Waals surface area contributed by atoms with Gasteiger partial charge in [-0.15, -0.1) is 0 Å². The number of hydrogen-bond donors (Lipinski definition) is 1. The zero-order valence-electron chi connectivity index (χ0n) is 14.6. The van der Waals surface area contributed by atoms with Gasteiger partial charge in [-0.3, -0.25) is 19.1 Å². The Morgan fingerprint density at radius 1 is 1.24 bits per heavy atom. The Morgan fingerprint density at radius 2 is 2.00 bits per heavy atom. The van der Waals surface area contributed by atoms with Gasteiger partial charge in [0.05, 0.1) is 23.3 Å². The lowest BCUT2D eigenvalue weighted by Crippen LogP contribution is -2.66. The van der Waals surface area contributed by atoms with Crippen LogP contribution < -0.4 is 5.56 Å². The van der Waals surface area contributed by atoms with Gasteiger partial charge in [-0.05, 0) is 45.4 Å². The molecule has 0 aliphatic carbocycles. The summed E-state index contributed by atoms with van der Waals surface area (Å²) in [5.74, 6) is -0.00798. The number of aromatic nitrogens is 2. The fraction of sp³-hybridized carbons (Fsp3) is 0.526. The van der Waals surface area contributed by atoms with Gasteiger partial charge < -0.3 is 5.11 Å². The van der Waals surface area contributed by atoms with Gasteiger partial charge in [-0.25, -0.2) is 4.98 Å². The van der Waals surface area contributed by atoms with Crippen LogP contribution in [0.2, 0.25) is 0 Å². The normalized spacial score (nSPS) is 29.6. The first kappa shape index (κ1) is 16.4. The van der Waals surface area contributed by atoms with Gasteiger partial charge >= 0.3 is 0 Å². The molecule has 1 aromatic carbocycles. The molecule has 2 saturated heterocycles. The van der Waals surface area contributed by atoms with Gasteiger partial charge in [0, 0.05) is 18.0 Å². The van der Waals surface area contributed by atoms with E-state index in [4.69, 9.17) is 0 Å². The lowest BCUT2D eigenvalue weighted by molar-refractivity contribution is -0.145. The molecule has 0 bridgehead atoms. The minimum absolute atomic E-state index is 0.00798. The summed E-state index contributed by atoms with van der Waals surface area (Å²) in [6, 6.07) is 6.44. The Morgan fingerprint density at radius 3 is 2.80 bits per heavy atom. The molecule has 2 aliphatic heterocycles. The fourth-order valence-electron chi connectivity index (χ4n) is 4.63. The highest BCUT2D eigenvalue weighted by molar-refractivity contribution is 5.86. The topological polar surface area (TPSA) is 75.4 Å². The van der Waals surface area contributed by atoms with Crippen LogP contribution in [0.4, 0.5) is 0 Å². The van der Waals surface area contributed by atoms with E-state index in [1.54, 1.807) is 18.2 Å². The van der Waals surface area contributed by atoms with E-state index in [1.807, 2.05) is 19.9 Å². The summed E-state index contributed by atoms with van der Waals surface area (Å²) in [5, 5.41) is 10.9. The molecule has 4 rings (SSSR count). The number of fused-ring (bicyclic) bond motifs is 2. The van der Waals surface area contributed by atoms with Crippen molar-refractivity contribution >= 4 is 16.7 Å². The van der Waals surface area contributed by atoms with Crippen molar-refractivity contribution in [3.8, 4) is 0 Å². The number of aliphatic hydroxyl groups excluding tert-OH is 1. The van der Waals surface area contributed by atoms with E-state index in [2.05, 4.69) is 9.88 Å². The SMILES string of the molecule is CC1(C)[C@@H](n2cnc3ccccc3c2=O)C(=O)C[C@@H]2[C@@H](O)CCCN21. The van der Waals surface area contributed by atoms with E-state index >= 15 is 0 Å². The van der Waals surface area contributed by atoms with Crippen molar-refractivity contribution in [2.45, 2.75) is 56.8 Å². The Hall–Kier alpha value is -2.05. The molecule has 132 valence electrons. The molecule has 0 unspecified atom stereocenters. The van der Waals surface area contributed by atoms with E-state index in [0.717, 1.165) is 19.4 Å². The van der Waals surface area contributed by atoms with Crippen LogP contribution >= 0.6 is 0 Å². The van der Waals surface area contributed by atoms with Gasteiger partial charge in [0.1, 0.15) is 6.04 Å². The third-order valence-corrected chi connectivity index (χ3v) is 5.84. The summed E-state index contributed by atoms with van der Waals surface area (Å²) < 4.78 is 1.49. The number of ketones is 1. The van der Waals surface area contributed by atoms with Gasteiger partial charge in [-0.2, -0.15) is 0 Å². The maximum absolute atomic E-state index is 13.0. The number of aliphatic hydroxyl groups is 1. The molecule has 25 heavy (non-hydrogen) atoms. The van der Waals surface area contributed by atoms with Crippen molar-refractivity contribution < 1.29 is 9.90 Å². The molecule has 2 fully saturated rings. The van der Waals surface area contributed by atoms with E-state index in [1.165, 1.54) is 10.9 Å². The second kappa shape index (κ2) is 5.75. The number of Topliss-reactive ketones (excluding diaryl/α,β-unsaturated/α-hetero) is 1. The van der Waals surface area contributed by atoms with Crippen LogP contribution in [0.3, 0.4) is 0 Å². The summed E-state index contributed by atoms with van der Waals surface area (Å²) in [5.41, 5.74) is -0.112. The zero-order chi connectivity index (χ0) is 17.8. The maximum atomic E-state index is 13.0. The van der Waals surface area contributed by atoms with Crippen LogP contribution in [-0.4, -0.2) is 49.6 Å². The largest absolute Gasteiger partial charge is 0.391 e. The highest BCUT2D eigenvalue weighted by atomic mass is 16.3. The monoisotopic (exact) mass is 341 g/mol. The molecule has 1 N–H and O–H groups in total. The Kier molecular flexibility index (Phi) is 3.77. The van der Waals surface area contributed by atoms with Gasteiger partial charge in [0.25, 0.3) is 5.56 Å². The molecule has 6 nitrogen and oxygen atoms in total. The zero-order valence-corrected chi connectivity index (χ0v) is 14.6. The Labute approximate surface area is 146 Å². The third kappa shape index (κ3) is 2.43. The number of piperidine rings is 2. The molecule has 3 heterocycles. The number of benzene rings is 1. The molecule has 1 aromatic heterocycles. The first-order valence-corrected chi connectivity index (χ1v) is 8.84. The standard InChI is InChI=1S/C19H23N3O3/c1-19(2)17(16(24)10-14-15(23)8-5-9-22(14)19)21-11-20-13-7-4-3-6-12(13)18(21)25/h3-4,6-7,11,14-15,17,23H,5,8-10H2,1-2H3/t14-,15+,17+/m1/s1. The van der Waals surface area contributed by atoms with Gasteiger partial charge in [0.15, 0.2) is 5.78 Å². The average Bonchev–Trinajstić information content (AvgIpc) is 2.58. The highest BCUT2D eigenvalue weighted by Gasteiger charge is 2.51. The quantitative estimate of drug-likeness (QED) is 0.851. The molecule has 2 aliphatic rings. The van der Waals surface area contributed by atoms with Crippen molar-refractivity contribution in [1.29, 1.82) is 0 Å². The Balaban J connectivity index is 1.83. The molecular weight excluding hydrogens is 318 g/mol. The van der Waals surface area contributed by atoms with Crippen molar-refractivity contribution in [1.82, 2.24) is 14.5 Å². The minimum atomic E-state index is -0.598. The second-order valence-corrected chi connectivity index (χ2v) is 7.67. The fourth-order valence-corrected chi connectivity index (χ4v) is 4.63. The van der Waals surface area contributed by atoms with Crippen molar-refractivity contribution in [2.75, 3.05) is 6.54 Å². The number of para-hydroxylation sites is 1. The third-order valence-electron chi connectivity index (χ3n) is 5.84. The minimum Gasteiger partial charge on any atom is -0.391 e. The maximum Gasteiger partial charge on any atom is 0.261 e. The molecule has 6 heteroatoms. The number of rotatable bonds is 1. The van der Waals surface area contributed by atoms with Gasteiger partial charge in [0.2, 0.25) is 0 Å². The first-order chi connectivity index (χ1) is 11.9. The number of carbonyl (C=O) groups is 1. The number of nitrogens with zero attached hydrogens (tertiary/aromatic N) is 3. The number of carbonyl (C=O) groups excluding carboxylic acids is 1. The lowest BCUT2D eigenvalue weighted by atomic mass is 9.76.